The van der Waals surface area contributed by atoms with Gasteiger partial charge in [0.05, 0.1) is 11.9 Å². The fraction of sp³-hybridized carbons (Fsp3) is 0.300. The van der Waals surface area contributed by atoms with Gasteiger partial charge in [-0.25, -0.2) is 22.0 Å². The van der Waals surface area contributed by atoms with Crippen LogP contribution < -0.4 is 19.7 Å². The standard InChI is InChI=1S/C30H34F2N4O4S/c1-3-4-17-36(29-14-7-23(31)20-28(29)32)30(37)33-24-15-18-35(19-16-24)21-22-5-10-26(11-6-22)40-27-12-8-25(9-13-27)34-41(2,38)39/h3,5-14,20,24,34H,1,4,15-19,21H2,2H3,(H,33,37). The molecule has 1 heterocycles. The summed E-state index contributed by atoms with van der Waals surface area (Å²) in [5.74, 6) is -0.222. The van der Waals surface area contributed by atoms with E-state index in [1.807, 2.05) is 24.3 Å². The number of carbonyl (C=O) groups excluding carboxylic acids is 1. The molecule has 1 aliphatic rings. The van der Waals surface area contributed by atoms with Crippen LogP contribution in [0.3, 0.4) is 0 Å². The summed E-state index contributed by atoms with van der Waals surface area (Å²) in [6.07, 6.45) is 4.72. The van der Waals surface area contributed by atoms with E-state index in [9.17, 15) is 22.0 Å². The minimum Gasteiger partial charge on any atom is -0.457 e. The highest BCUT2D eigenvalue weighted by molar-refractivity contribution is 7.92. The van der Waals surface area contributed by atoms with Crippen molar-refractivity contribution in [3.05, 3.63) is 96.6 Å². The van der Waals surface area contributed by atoms with Gasteiger partial charge in [0.2, 0.25) is 10.0 Å². The van der Waals surface area contributed by atoms with Gasteiger partial charge in [-0.1, -0.05) is 18.2 Å². The van der Waals surface area contributed by atoms with Gasteiger partial charge in [0, 0.05) is 44.0 Å². The first kappa shape index (κ1) is 30.0. The monoisotopic (exact) mass is 584 g/mol. The first-order chi connectivity index (χ1) is 19.6. The second kappa shape index (κ2) is 13.6. The largest absolute Gasteiger partial charge is 0.457 e. The molecule has 0 aromatic heterocycles. The van der Waals surface area contributed by atoms with Gasteiger partial charge in [0.15, 0.2) is 0 Å². The molecule has 0 radical (unpaired) electrons. The molecule has 0 aliphatic carbocycles. The molecule has 3 aromatic rings. The van der Waals surface area contributed by atoms with Crippen molar-refractivity contribution in [3.8, 4) is 11.5 Å². The van der Waals surface area contributed by atoms with E-state index in [4.69, 9.17) is 4.74 Å². The lowest BCUT2D eigenvalue weighted by Crippen LogP contribution is -2.49. The van der Waals surface area contributed by atoms with Crippen LogP contribution in [0.5, 0.6) is 11.5 Å². The van der Waals surface area contributed by atoms with Gasteiger partial charge in [-0.05, 0) is 73.4 Å². The highest BCUT2D eigenvalue weighted by atomic mass is 32.2. The number of nitrogens with zero attached hydrogens (tertiary/aromatic N) is 2. The molecule has 1 fully saturated rings. The zero-order valence-electron chi connectivity index (χ0n) is 22.9. The van der Waals surface area contributed by atoms with Crippen LogP contribution in [0.1, 0.15) is 24.8 Å². The molecule has 1 aliphatic heterocycles. The molecule has 0 bridgehead atoms. The van der Waals surface area contributed by atoms with E-state index in [-0.39, 0.29) is 18.3 Å². The lowest BCUT2D eigenvalue weighted by atomic mass is 10.0. The first-order valence-corrected chi connectivity index (χ1v) is 15.2. The predicted octanol–water partition coefficient (Wildman–Crippen LogP) is 5.89. The van der Waals surface area contributed by atoms with E-state index >= 15 is 0 Å². The molecule has 1 saturated heterocycles. The quantitative estimate of drug-likeness (QED) is 0.275. The van der Waals surface area contributed by atoms with Gasteiger partial charge >= 0.3 is 6.03 Å². The van der Waals surface area contributed by atoms with Crippen molar-refractivity contribution in [2.45, 2.75) is 31.8 Å². The van der Waals surface area contributed by atoms with Crippen LogP contribution in [0.2, 0.25) is 0 Å². The maximum absolute atomic E-state index is 14.4. The summed E-state index contributed by atoms with van der Waals surface area (Å²) in [4.78, 5) is 16.6. The number of piperidine rings is 1. The summed E-state index contributed by atoms with van der Waals surface area (Å²) >= 11 is 0. The Kier molecular flexibility index (Phi) is 9.95. The van der Waals surface area contributed by atoms with E-state index in [0.717, 1.165) is 56.4 Å². The van der Waals surface area contributed by atoms with Crippen LogP contribution in [0.25, 0.3) is 0 Å². The number of amides is 2. The molecule has 0 saturated carbocycles. The molecule has 218 valence electrons. The molecule has 4 rings (SSSR count). The Hall–Kier alpha value is -3.96. The van der Waals surface area contributed by atoms with E-state index < -0.39 is 27.7 Å². The normalized spacial score (nSPS) is 14.3. The van der Waals surface area contributed by atoms with Crippen LogP contribution in [-0.2, 0) is 16.6 Å². The number of likely N-dealkylation sites (tertiary alicyclic amines) is 1. The molecule has 2 amide bonds. The van der Waals surface area contributed by atoms with Crippen LogP contribution in [0, 0.1) is 11.6 Å². The zero-order chi connectivity index (χ0) is 29.4. The molecule has 0 spiro atoms. The third-order valence-corrected chi connectivity index (χ3v) is 7.25. The Morgan fingerprint density at radius 3 is 2.27 bits per heavy atom. The van der Waals surface area contributed by atoms with Crippen LogP contribution >= 0.6 is 0 Å². The number of hydrogen-bond donors (Lipinski definition) is 2. The molecule has 0 atom stereocenters. The molecule has 11 heteroatoms. The Balaban J connectivity index is 1.26. The number of benzene rings is 3. The molecule has 3 aromatic carbocycles. The maximum atomic E-state index is 14.4. The van der Waals surface area contributed by atoms with Crippen molar-refractivity contribution in [3.63, 3.8) is 0 Å². The first-order valence-electron chi connectivity index (χ1n) is 13.3. The summed E-state index contributed by atoms with van der Waals surface area (Å²) in [6.45, 7) is 6.23. The average molecular weight is 585 g/mol. The molecule has 2 N–H and O–H groups in total. The molecule has 0 unspecified atom stereocenters. The Morgan fingerprint density at radius 2 is 1.68 bits per heavy atom. The van der Waals surface area contributed by atoms with Gasteiger partial charge in [-0.2, -0.15) is 0 Å². The molecule has 41 heavy (non-hydrogen) atoms. The van der Waals surface area contributed by atoms with Gasteiger partial charge < -0.3 is 10.1 Å². The fourth-order valence-corrected chi connectivity index (χ4v) is 5.17. The Morgan fingerprint density at radius 1 is 1.05 bits per heavy atom. The van der Waals surface area contributed by atoms with Crippen molar-refractivity contribution in [2.75, 3.05) is 35.5 Å². The third kappa shape index (κ3) is 9.02. The smallest absolute Gasteiger partial charge is 0.322 e. The predicted molar refractivity (Wildman–Crippen MR) is 157 cm³/mol. The molecular weight excluding hydrogens is 550 g/mol. The second-order valence-corrected chi connectivity index (χ2v) is 11.7. The van der Waals surface area contributed by atoms with Crippen LogP contribution in [0.4, 0.5) is 25.0 Å². The van der Waals surface area contributed by atoms with Gasteiger partial charge in [0.1, 0.15) is 23.1 Å². The SMILES string of the molecule is C=CCCN(C(=O)NC1CCN(Cc2ccc(Oc3ccc(NS(C)(=O)=O)cc3)cc2)CC1)c1ccc(F)cc1F. The number of sulfonamides is 1. The molecular formula is C30H34F2N4O4S. The van der Waals surface area contributed by atoms with Crippen molar-refractivity contribution >= 4 is 27.4 Å². The van der Waals surface area contributed by atoms with Gasteiger partial charge in [-0.3, -0.25) is 14.5 Å². The molecule has 8 nitrogen and oxygen atoms in total. The van der Waals surface area contributed by atoms with Crippen LogP contribution in [-0.4, -0.2) is 51.3 Å². The van der Waals surface area contributed by atoms with E-state index in [0.29, 0.717) is 23.6 Å². The number of urea groups is 1. The Labute approximate surface area is 239 Å². The summed E-state index contributed by atoms with van der Waals surface area (Å²) in [7, 11) is -3.34. The maximum Gasteiger partial charge on any atom is 0.322 e. The number of nitrogens with one attached hydrogen (secondary N) is 2. The van der Waals surface area contributed by atoms with Crippen molar-refractivity contribution < 1.29 is 26.7 Å². The van der Waals surface area contributed by atoms with Gasteiger partial charge in [0.25, 0.3) is 0 Å². The topological polar surface area (TPSA) is 91.0 Å². The van der Waals surface area contributed by atoms with E-state index in [1.165, 1.54) is 11.0 Å². The van der Waals surface area contributed by atoms with E-state index in [2.05, 4.69) is 21.5 Å². The third-order valence-electron chi connectivity index (χ3n) is 6.64. The number of ether oxygens (including phenoxy) is 1. The lowest BCUT2D eigenvalue weighted by Gasteiger charge is -2.34. The van der Waals surface area contributed by atoms with Crippen molar-refractivity contribution in [1.29, 1.82) is 0 Å². The number of carbonyl (C=O) groups is 1. The Bertz CT molecular complexity index is 1440. The minimum absolute atomic E-state index is 0.0385. The number of anilines is 2. The number of hydrogen-bond acceptors (Lipinski definition) is 5. The van der Waals surface area contributed by atoms with Gasteiger partial charge in [-0.15, -0.1) is 6.58 Å². The van der Waals surface area contributed by atoms with Crippen LogP contribution in [0.15, 0.2) is 79.4 Å². The summed E-state index contributed by atoms with van der Waals surface area (Å²) < 4.78 is 58.8. The summed E-state index contributed by atoms with van der Waals surface area (Å²) in [5, 5.41) is 3.01. The fourth-order valence-electron chi connectivity index (χ4n) is 4.60. The second-order valence-electron chi connectivity index (χ2n) is 9.97. The van der Waals surface area contributed by atoms with E-state index in [1.54, 1.807) is 30.3 Å². The lowest BCUT2D eigenvalue weighted by molar-refractivity contribution is 0.188. The average Bonchev–Trinajstić information content (AvgIpc) is 2.92. The number of rotatable bonds is 11. The van der Waals surface area contributed by atoms with Crippen molar-refractivity contribution in [2.24, 2.45) is 0 Å². The highest BCUT2D eigenvalue weighted by Gasteiger charge is 2.25. The van der Waals surface area contributed by atoms with Crippen molar-refractivity contribution in [1.82, 2.24) is 10.2 Å². The zero-order valence-corrected chi connectivity index (χ0v) is 23.7. The minimum atomic E-state index is -3.34. The highest BCUT2D eigenvalue weighted by Crippen LogP contribution is 2.25. The summed E-state index contributed by atoms with van der Waals surface area (Å²) in [5.41, 5.74) is 1.62. The number of halogens is 2. The summed E-state index contributed by atoms with van der Waals surface area (Å²) in [6, 6.07) is 17.2.